The molecule has 2 amide bonds. The molecule has 1 aliphatic rings. The first-order valence-electron chi connectivity index (χ1n) is 7.32. The van der Waals surface area contributed by atoms with Crippen molar-refractivity contribution in [3.05, 3.63) is 18.0 Å². The number of nitrogens with one attached hydrogen (secondary N) is 1. The van der Waals surface area contributed by atoms with Crippen LogP contribution in [0.25, 0.3) is 0 Å². The molecule has 1 unspecified atom stereocenters. The van der Waals surface area contributed by atoms with Crippen LogP contribution in [0.4, 0.5) is 4.79 Å². The minimum atomic E-state index is 0.0837. The molecular formula is C14H24N4OS. The summed E-state index contributed by atoms with van der Waals surface area (Å²) in [5.41, 5.74) is 1.17. The zero-order chi connectivity index (χ0) is 14.4. The molecule has 1 aromatic rings. The van der Waals surface area contributed by atoms with Crippen LogP contribution in [-0.4, -0.2) is 51.3 Å². The van der Waals surface area contributed by atoms with E-state index >= 15 is 0 Å². The number of aromatic nitrogens is 2. The SMILES string of the molecule is CCC1CN(C(=O)NCCCn2cc(C)cn2)CCS1. The van der Waals surface area contributed by atoms with E-state index in [-0.39, 0.29) is 6.03 Å². The summed E-state index contributed by atoms with van der Waals surface area (Å²) in [6.07, 6.45) is 5.92. The second-order valence-corrected chi connectivity index (χ2v) is 6.62. The average Bonchev–Trinajstić information content (AvgIpc) is 2.89. The van der Waals surface area contributed by atoms with Crippen molar-refractivity contribution in [2.45, 2.75) is 38.5 Å². The Balaban J connectivity index is 1.64. The van der Waals surface area contributed by atoms with E-state index in [4.69, 9.17) is 0 Å². The fourth-order valence-corrected chi connectivity index (χ4v) is 3.47. The van der Waals surface area contributed by atoms with Crippen molar-refractivity contribution in [1.29, 1.82) is 0 Å². The fourth-order valence-electron chi connectivity index (χ4n) is 2.29. The molecule has 1 fully saturated rings. The highest BCUT2D eigenvalue weighted by Gasteiger charge is 2.22. The molecular weight excluding hydrogens is 272 g/mol. The number of hydrogen-bond acceptors (Lipinski definition) is 3. The molecule has 0 aliphatic carbocycles. The lowest BCUT2D eigenvalue weighted by Crippen LogP contribution is -2.47. The van der Waals surface area contributed by atoms with E-state index in [2.05, 4.69) is 17.3 Å². The fraction of sp³-hybridized carbons (Fsp3) is 0.714. The number of amides is 2. The monoisotopic (exact) mass is 296 g/mol. The van der Waals surface area contributed by atoms with E-state index in [0.717, 1.165) is 38.2 Å². The second kappa shape index (κ2) is 7.57. The average molecular weight is 296 g/mol. The third-order valence-electron chi connectivity index (χ3n) is 3.48. The number of aryl methyl sites for hydroxylation is 2. The Bertz CT molecular complexity index is 435. The molecule has 0 spiro atoms. The highest BCUT2D eigenvalue weighted by Crippen LogP contribution is 2.20. The molecule has 0 radical (unpaired) electrons. The standard InChI is InChI=1S/C14H24N4OS/c1-3-13-11-17(7-8-20-13)14(19)15-5-4-6-18-10-12(2)9-16-18/h9-10,13H,3-8,11H2,1-2H3,(H,15,19). The number of carbonyl (C=O) groups is 1. The molecule has 1 saturated heterocycles. The number of urea groups is 1. The van der Waals surface area contributed by atoms with E-state index in [1.165, 1.54) is 5.56 Å². The Hall–Kier alpha value is -1.17. The molecule has 2 rings (SSSR count). The van der Waals surface area contributed by atoms with Crippen LogP contribution in [0.3, 0.4) is 0 Å². The maximum Gasteiger partial charge on any atom is 0.317 e. The van der Waals surface area contributed by atoms with E-state index in [1.54, 1.807) is 0 Å². The van der Waals surface area contributed by atoms with Crippen LogP contribution in [-0.2, 0) is 6.54 Å². The summed E-state index contributed by atoms with van der Waals surface area (Å²) in [5, 5.41) is 7.84. The highest BCUT2D eigenvalue weighted by molar-refractivity contribution is 8.00. The van der Waals surface area contributed by atoms with Crippen molar-refractivity contribution < 1.29 is 4.79 Å². The smallest absolute Gasteiger partial charge is 0.317 e. The summed E-state index contributed by atoms with van der Waals surface area (Å²) in [4.78, 5) is 14.0. The van der Waals surface area contributed by atoms with Gasteiger partial charge in [0.05, 0.1) is 6.20 Å². The zero-order valence-electron chi connectivity index (χ0n) is 12.3. The van der Waals surface area contributed by atoms with Crippen molar-refractivity contribution >= 4 is 17.8 Å². The summed E-state index contributed by atoms with van der Waals surface area (Å²) in [5.74, 6) is 1.05. The molecule has 5 nitrogen and oxygen atoms in total. The van der Waals surface area contributed by atoms with Crippen molar-refractivity contribution in [2.75, 3.05) is 25.4 Å². The van der Waals surface area contributed by atoms with E-state index in [9.17, 15) is 4.79 Å². The molecule has 1 atom stereocenters. The van der Waals surface area contributed by atoms with Gasteiger partial charge in [0.15, 0.2) is 0 Å². The maximum atomic E-state index is 12.1. The first-order valence-corrected chi connectivity index (χ1v) is 8.37. The van der Waals surface area contributed by atoms with Crippen LogP contribution >= 0.6 is 11.8 Å². The van der Waals surface area contributed by atoms with Gasteiger partial charge in [-0.3, -0.25) is 4.68 Å². The Labute approximate surface area is 125 Å². The van der Waals surface area contributed by atoms with Crippen molar-refractivity contribution in [3.8, 4) is 0 Å². The van der Waals surface area contributed by atoms with Gasteiger partial charge in [0.25, 0.3) is 0 Å². The van der Waals surface area contributed by atoms with Crippen LogP contribution in [0.5, 0.6) is 0 Å². The van der Waals surface area contributed by atoms with Gasteiger partial charge in [-0.25, -0.2) is 4.79 Å². The van der Waals surface area contributed by atoms with E-state index in [1.807, 2.05) is 40.7 Å². The molecule has 1 N–H and O–H groups in total. The zero-order valence-corrected chi connectivity index (χ0v) is 13.2. The number of thioether (sulfide) groups is 1. The lowest BCUT2D eigenvalue weighted by atomic mass is 10.3. The Morgan fingerprint density at radius 3 is 3.15 bits per heavy atom. The maximum absolute atomic E-state index is 12.1. The summed E-state index contributed by atoms with van der Waals surface area (Å²) in [6.45, 7) is 7.52. The number of carbonyl (C=O) groups excluding carboxylic acids is 1. The Kier molecular flexibility index (Phi) is 5.76. The quantitative estimate of drug-likeness (QED) is 0.847. The molecule has 6 heteroatoms. The minimum Gasteiger partial charge on any atom is -0.338 e. The third-order valence-corrected chi connectivity index (χ3v) is 4.86. The molecule has 2 heterocycles. The summed E-state index contributed by atoms with van der Waals surface area (Å²) in [6, 6.07) is 0.0837. The summed E-state index contributed by atoms with van der Waals surface area (Å²) >= 11 is 1.98. The number of rotatable bonds is 5. The van der Waals surface area contributed by atoms with Gasteiger partial charge < -0.3 is 10.2 Å². The van der Waals surface area contributed by atoms with E-state index < -0.39 is 0 Å². The molecule has 0 saturated carbocycles. The molecule has 1 aromatic heterocycles. The summed E-state index contributed by atoms with van der Waals surface area (Å²) < 4.78 is 1.92. The van der Waals surface area contributed by atoms with Crippen LogP contribution in [0.15, 0.2) is 12.4 Å². The predicted molar refractivity (Wildman–Crippen MR) is 83.1 cm³/mol. The van der Waals surface area contributed by atoms with Crippen molar-refractivity contribution in [1.82, 2.24) is 20.0 Å². The van der Waals surface area contributed by atoms with Gasteiger partial charge in [-0.05, 0) is 25.3 Å². The van der Waals surface area contributed by atoms with Crippen LogP contribution in [0.2, 0.25) is 0 Å². The van der Waals surface area contributed by atoms with Gasteiger partial charge in [0.1, 0.15) is 0 Å². The largest absolute Gasteiger partial charge is 0.338 e. The van der Waals surface area contributed by atoms with Gasteiger partial charge in [-0.15, -0.1) is 0 Å². The summed E-state index contributed by atoms with van der Waals surface area (Å²) in [7, 11) is 0. The lowest BCUT2D eigenvalue weighted by molar-refractivity contribution is 0.199. The second-order valence-electron chi connectivity index (χ2n) is 5.21. The van der Waals surface area contributed by atoms with Crippen LogP contribution in [0.1, 0.15) is 25.3 Å². The first kappa shape index (κ1) is 15.2. The first-order chi connectivity index (χ1) is 9.69. The van der Waals surface area contributed by atoms with Crippen molar-refractivity contribution in [3.63, 3.8) is 0 Å². The van der Waals surface area contributed by atoms with Gasteiger partial charge in [0.2, 0.25) is 0 Å². The molecule has 1 aliphatic heterocycles. The number of nitrogens with zero attached hydrogens (tertiary/aromatic N) is 3. The van der Waals surface area contributed by atoms with Crippen molar-refractivity contribution in [2.24, 2.45) is 0 Å². The predicted octanol–water partition coefficient (Wildman–Crippen LogP) is 2.12. The third kappa shape index (κ3) is 4.44. The number of hydrogen-bond donors (Lipinski definition) is 1. The highest BCUT2D eigenvalue weighted by atomic mass is 32.2. The molecule has 112 valence electrons. The van der Waals surface area contributed by atoms with Gasteiger partial charge >= 0.3 is 6.03 Å². The van der Waals surface area contributed by atoms with Crippen LogP contribution in [0, 0.1) is 6.92 Å². The molecule has 0 aromatic carbocycles. The molecule has 0 bridgehead atoms. The lowest BCUT2D eigenvalue weighted by Gasteiger charge is -2.31. The topological polar surface area (TPSA) is 50.2 Å². The molecule has 20 heavy (non-hydrogen) atoms. The normalized spacial score (nSPS) is 19.1. The van der Waals surface area contributed by atoms with Crippen LogP contribution < -0.4 is 5.32 Å². The van der Waals surface area contributed by atoms with Gasteiger partial charge in [0, 0.05) is 43.4 Å². The van der Waals surface area contributed by atoms with Gasteiger partial charge in [-0.1, -0.05) is 6.92 Å². The van der Waals surface area contributed by atoms with Gasteiger partial charge in [-0.2, -0.15) is 16.9 Å². The minimum absolute atomic E-state index is 0.0837. The van der Waals surface area contributed by atoms with E-state index in [0.29, 0.717) is 11.8 Å². The Morgan fingerprint density at radius 2 is 2.45 bits per heavy atom. The Morgan fingerprint density at radius 1 is 1.60 bits per heavy atom.